The summed E-state index contributed by atoms with van der Waals surface area (Å²) in [5.41, 5.74) is 5.72. The number of nitrogens with zero attached hydrogens (tertiary/aromatic N) is 1. The maximum atomic E-state index is 13.0. The van der Waals surface area contributed by atoms with Crippen LogP contribution in [0.4, 0.5) is 15.9 Å². The Hall–Kier alpha value is -1.56. The Balaban J connectivity index is 2.30. The average Bonchev–Trinajstić information content (AvgIpc) is 2.36. The van der Waals surface area contributed by atoms with Crippen molar-refractivity contribution < 1.29 is 9.18 Å². The first-order valence-electron chi connectivity index (χ1n) is 5.25. The third-order valence-electron chi connectivity index (χ3n) is 2.38. The lowest BCUT2D eigenvalue weighted by atomic mass is 10.2. The number of rotatable bonds is 2. The standard InChI is InChI=1S/C12H7Cl3FN3O/c13-7-2-6(16)3-8(14)10(7)19-12(20)5-1-9(15)11(17)18-4-5/h1-4H,(H2,17,18)(H,19,20). The number of carbonyl (C=O) groups is 1. The number of aromatic nitrogens is 1. The van der Waals surface area contributed by atoms with Crippen LogP contribution in [0, 0.1) is 5.82 Å². The van der Waals surface area contributed by atoms with Crippen molar-refractivity contribution in [2.75, 3.05) is 11.1 Å². The van der Waals surface area contributed by atoms with E-state index in [-0.39, 0.29) is 32.1 Å². The molecule has 0 aliphatic carbocycles. The molecular formula is C12H7Cl3FN3O. The molecule has 0 unspecified atom stereocenters. The number of anilines is 2. The first kappa shape index (κ1) is 14.8. The van der Waals surface area contributed by atoms with E-state index in [9.17, 15) is 9.18 Å². The molecular weight excluding hydrogens is 328 g/mol. The van der Waals surface area contributed by atoms with Crippen LogP contribution in [0.15, 0.2) is 24.4 Å². The summed E-state index contributed by atoms with van der Waals surface area (Å²) in [6.45, 7) is 0. The molecule has 1 aromatic heterocycles. The van der Waals surface area contributed by atoms with Gasteiger partial charge in [0.05, 0.1) is 26.3 Å². The van der Waals surface area contributed by atoms with E-state index >= 15 is 0 Å². The van der Waals surface area contributed by atoms with Gasteiger partial charge in [0, 0.05) is 6.20 Å². The highest BCUT2D eigenvalue weighted by Gasteiger charge is 2.14. The van der Waals surface area contributed by atoms with E-state index in [4.69, 9.17) is 40.5 Å². The smallest absolute Gasteiger partial charge is 0.257 e. The van der Waals surface area contributed by atoms with Crippen LogP contribution in [0.3, 0.4) is 0 Å². The van der Waals surface area contributed by atoms with Crippen molar-refractivity contribution >= 4 is 52.2 Å². The van der Waals surface area contributed by atoms with E-state index in [1.54, 1.807) is 0 Å². The Kier molecular flexibility index (Phi) is 4.32. The van der Waals surface area contributed by atoms with Crippen LogP contribution in [0.1, 0.15) is 10.4 Å². The van der Waals surface area contributed by atoms with Gasteiger partial charge in [-0.25, -0.2) is 9.37 Å². The van der Waals surface area contributed by atoms with E-state index in [0.29, 0.717) is 0 Å². The zero-order chi connectivity index (χ0) is 14.9. The molecule has 1 aromatic carbocycles. The van der Waals surface area contributed by atoms with Gasteiger partial charge < -0.3 is 11.1 Å². The molecule has 2 aromatic rings. The Morgan fingerprint density at radius 2 is 1.75 bits per heavy atom. The molecule has 0 saturated carbocycles. The van der Waals surface area contributed by atoms with E-state index in [1.807, 2.05) is 0 Å². The molecule has 104 valence electrons. The number of halogens is 4. The number of nitrogens with one attached hydrogen (secondary N) is 1. The third kappa shape index (κ3) is 3.12. The Labute approximate surface area is 128 Å². The van der Waals surface area contributed by atoms with Crippen molar-refractivity contribution in [1.29, 1.82) is 0 Å². The summed E-state index contributed by atoms with van der Waals surface area (Å²) < 4.78 is 13.0. The lowest BCUT2D eigenvalue weighted by Crippen LogP contribution is -2.13. The second kappa shape index (κ2) is 5.83. The van der Waals surface area contributed by atoms with Gasteiger partial charge in [0.2, 0.25) is 0 Å². The predicted molar refractivity (Wildman–Crippen MR) is 78.0 cm³/mol. The minimum Gasteiger partial charge on any atom is -0.382 e. The molecule has 8 heteroatoms. The molecule has 0 aliphatic rings. The monoisotopic (exact) mass is 333 g/mol. The van der Waals surface area contributed by atoms with Crippen molar-refractivity contribution in [3.05, 3.63) is 50.8 Å². The summed E-state index contributed by atoms with van der Waals surface area (Å²) in [7, 11) is 0. The summed E-state index contributed by atoms with van der Waals surface area (Å²) in [4.78, 5) is 15.8. The molecule has 0 bridgehead atoms. The minimum absolute atomic E-state index is 0.0159. The van der Waals surface area contributed by atoms with Crippen LogP contribution in [0.25, 0.3) is 0 Å². The van der Waals surface area contributed by atoms with Gasteiger partial charge in [-0.3, -0.25) is 4.79 Å². The molecule has 1 heterocycles. The molecule has 0 spiro atoms. The van der Waals surface area contributed by atoms with Crippen LogP contribution >= 0.6 is 34.8 Å². The number of hydrogen-bond donors (Lipinski definition) is 2. The zero-order valence-electron chi connectivity index (χ0n) is 9.75. The SMILES string of the molecule is Nc1ncc(C(=O)Nc2c(Cl)cc(F)cc2Cl)cc1Cl. The highest BCUT2D eigenvalue weighted by molar-refractivity contribution is 6.40. The fourth-order valence-corrected chi connectivity index (χ4v) is 2.14. The van der Waals surface area contributed by atoms with Gasteiger partial charge in [-0.1, -0.05) is 34.8 Å². The predicted octanol–water partition coefficient (Wildman–Crippen LogP) is 4.02. The molecule has 0 atom stereocenters. The van der Waals surface area contributed by atoms with Gasteiger partial charge in [0.25, 0.3) is 5.91 Å². The quantitative estimate of drug-likeness (QED) is 0.871. The molecule has 1 amide bonds. The number of hydrogen-bond acceptors (Lipinski definition) is 3. The van der Waals surface area contributed by atoms with Crippen molar-refractivity contribution in [2.45, 2.75) is 0 Å². The summed E-state index contributed by atoms with van der Waals surface area (Å²) in [5.74, 6) is -1.04. The minimum atomic E-state index is -0.602. The van der Waals surface area contributed by atoms with Crippen LogP contribution in [-0.2, 0) is 0 Å². The summed E-state index contributed by atoms with van der Waals surface area (Å²) >= 11 is 17.4. The molecule has 0 fully saturated rings. The summed E-state index contributed by atoms with van der Waals surface area (Å²) in [5, 5.41) is 2.58. The molecule has 4 nitrogen and oxygen atoms in total. The number of benzene rings is 1. The number of nitrogens with two attached hydrogens (primary N) is 1. The van der Waals surface area contributed by atoms with Crippen LogP contribution in [0.5, 0.6) is 0 Å². The van der Waals surface area contributed by atoms with Gasteiger partial charge in [0.15, 0.2) is 0 Å². The van der Waals surface area contributed by atoms with Gasteiger partial charge >= 0.3 is 0 Å². The maximum absolute atomic E-state index is 13.0. The largest absolute Gasteiger partial charge is 0.382 e. The fourth-order valence-electron chi connectivity index (χ4n) is 1.42. The number of carbonyl (C=O) groups excluding carboxylic acids is 1. The highest BCUT2D eigenvalue weighted by Crippen LogP contribution is 2.31. The van der Waals surface area contributed by atoms with Gasteiger partial charge in [-0.15, -0.1) is 0 Å². The second-order valence-corrected chi connectivity index (χ2v) is 5.01. The van der Waals surface area contributed by atoms with Gasteiger partial charge in [0.1, 0.15) is 11.6 Å². The molecule has 0 aliphatic heterocycles. The molecule has 3 N–H and O–H groups in total. The Morgan fingerprint density at radius 3 is 2.30 bits per heavy atom. The van der Waals surface area contributed by atoms with Crippen molar-refractivity contribution in [3.63, 3.8) is 0 Å². The van der Waals surface area contributed by atoms with Crippen LogP contribution < -0.4 is 11.1 Å². The van der Waals surface area contributed by atoms with E-state index in [0.717, 1.165) is 12.1 Å². The molecule has 0 saturated heterocycles. The average molecular weight is 335 g/mol. The third-order valence-corrected chi connectivity index (χ3v) is 3.28. The van der Waals surface area contributed by atoms with Crippen molar-refractivity contribution in [1.82, 2.24) is 4.98 Å². The van der Waals surface area contributed by atoms with Crippen LogP contribution in [-0.4, -0.2) is 10.9 Å². The Bertz CT molecular complexity index is 671. The summed E-state index contributed by atoms with van der Waals surface area (Å²) in [6, 6.07) is 3.43. The van der Waals surface area contributed by atoms with E-state index in [1.165, 1.54) is 12.3 Å². The lowest BCUT2D eigenvalue weighted by molar-refractivity contribution is 0.102. The molecule has 20 heavy (non-hydrogen) atoms. The Morgan fingerprint density at radius 1 is 1.15 bits per heavy atom. The van der Waals surface area contributed by atoms with Gasteiger partial charge in [-0.05, 0) is 18.2 Å². The second-order valence-electron chi connectivity index (χ2n) is 3.79. The number of nitrogen functional groups attached to an aromatic ring is 1. The number of amides is 1. The van der Waals surface area contributed by atoms with Crippen LogP contribution in [0.2, 0.25) is 15.1 Å². The van der Waals surface area contributed by atoms with E-state index in [2.05, 4.69) is 10.3 Å². The first-order valence-corrected chi connectivity index (χ1v) is 6.39. The summed E-state index contributed by atoms with van der Waals surface area (Å²) in [6.07, 6.45) is 1.25. The normalized spacial score (nSPS) is 10.4. The van der Waals surface area contributed by atoms with E-state index < -0.39 is 11.7 Å². The molecule has 2 rings (SSSR count). The van der Waals surface area contributed by atoms with Gasteiger partial charge in [-0.2, -0.15) is 0 Å². The number of pyridine rings is 1. The zero-order valence-corrected chi connectivity index (χ0v) is 12.0. The maximum Gasteiger partial charge on any atom is 0.257 e. The molecule has 0 radical (unpaired) electrons. The first-order chi connectivity index (χ1) is 9.38. The topological polar surface area (TPSA) is 68.0 Å². The lowest BCUT2D eigenvalue weighted by Gasteiger charge is -2.09. The highest BCUT2D eigenvalue weighted by atomic mass is 35.5. The fraction of sp³-hybridized carbons (Fsp3) is 0. The van der Waals surface area contributed by atoms with Crippen molar-refractivity contribution in [2.24, 2.45) is 0 Å². The van der Waals surface area contributed by atoms with Crippen molar-refractivity contribution in [3.8, 4) is 0 Å².